The van der Waals surface area contributed by atoms with Gasteiger partial charge in [-0.2, -0.15) is 0 Å². The van der Waals surface area contributed by atoms with Gasteiger partial charge in [0.1, 0.15) is 0 Å². The third kappa shape index (κ3) is 2.38. The lowest BCUT2D eigenvalue weighted by Gasteiger charge is -2.07. The average molecular weight is 211 g/mol. The number of likely N-dealkylation sites (N-methyl/N-ethyl adjacent to an activating group) is 1. The number of rotatable bonds is 4. The van der Waals surface area contributed by atoms with E-state index in [9.17, 15) is 15.0 Å². The van der Waals surface area contributed by atoms with Gasteiger partial charge >= 0.3 is 0 Å². The van der Waals surface area contributed by atoms with E-state index < -0.39 is 0 Å². The first-order valence-electron chi connectivity index (χ1n) is 4.38. The second kappa shape index (κ2) is 4.65. The average Bonchev–Trinajstić information content (AvgIpc) is 2.22. The van der Waals surface area contributed by atoms with Gasteiger partial charge in [0.05, 0.1) is 13.7 Å². The van der Waals surface area contributed by atoms with Crippen molar-refractivity contribution < 1.29 is 19.7 Å². The first kappa shape index (κ1) is 11.3. The Bertz CT molecular complexity index is 376. The number of carbonyl (C=O) groups is 1. The third-order valence-corrected chi connectivity index (χ3v) is 1.93. The number of hydrogen-bond donors (Lipinski definition) is 3. The first-order valence-corrected chi connectivity index (χ1v) is 4.38. The number of aromatic hydroxyl groups is 2. The highest BCUT2D eigenvalue weighted by molar-refractivity contribution is 5.98. The minimum Gasteiger partial charge on any atom is -0.504 e. The number of Topliss-reactive ketones (excluding diaryl/α,β-unsaturated/α-hetero) is 1. The van der Waals surface area contributed by atoms with Gasteiger partial charge in [-0.05, 0) is 19.2 Å². The molecule has 1 aromatic carbocycles. The number of ether oxygens (including phenoxy) is 1. The van der Waals surface area contributed by atoms with Crippen molar-refractivity contribution in [3.63, 3.8) is 0 Å². The SMILES string of the molecule is CNCC(=O)c1cc(O)c(O)c(OC)c1. The Morgan fingerprint density at radius 2 is 2.13 bits per heavy atom. The molecule has 0 fully saturated rings. The number of carbonyl (C=O) groups excluding carboxylic acids is 1. The van der Waals surface area contributed by atoms with E-state index in [1.807, 2.05) is 0 Å². The van der Waals surface area contributed by atoms with Crippen LogP contribution in [0.25, 0.3) is 0 Å². The van der Waals surface area contributed by atoms with E-state index in [0.29, 0.717) is 0 Å². The van der Waals surface area contributed by atoms with Crippen molar-refractivity contribution in [2.45, 2.75) is 0 Å². The number of hydrogen-bond acceptors (Lipinski definition) is 5. The van der Waals surface area contributed by atoms with Gasteiger partial charge in [0.25, 0.3) is 0 Å². The summed E-state index contributed by atoms with van der Waals surface area (Å²) in [5.41, 5.74) is 0.288. The van der Waals surface area contributed by atoms with Gasteiger partial charge in [-0.15, -0.1) is 0 Å². The van der Waals surface area contributed by atoms with Gasteiger partial charge in [0.2, 0.25) is 5.75 Å². The van der Waals surface area contributed by atoms with Crippen molar-refractivity contribution in [2.24, 2.45) is 0 Å². The summed E-state index contributed by atoms with van der Waals surface area (Å²) in [6.07, 6.45) is 0. The maximum atomic E-state index is 11.5. The molecule has 0 radical (unpaired) electrons. The molecule has 0 aliphatic rings. The molecule has 0 bridgehead atoms. The van der Waals surface area contributed by atoms with Crippen molar-refractivity contribution >= 4 is 5.78 Å². The maximum Gasteiger partial charge on any atom is 0.200 e. The van der Waals surface area contributed by atoms with E-state index >= 15 is 0 Å². The number of benzene rings is 1. The summed E-state index contributed by atoms with van der Waals surface area (Å²) >= 11 is 0. The van der Waals surface area contributed by atoms with Crippen LogP contribution in [0.15, 0.2) is 12.1 Å². The monoisotopic (exact) mass is 211 g/mol. The van der Waals surface area contributed by atoms with Crippen LogP contribution in [0.3, 0.4) is 0 Å². The minimum atomic E-state index is -0.367. The zero-order valence-corrected chi connectivity index (χ0v) is 8.57. The molecule has 3 N–H and O–H groups in total. The lowest BCUT2D eigenvalue weighted by molar-refractivity contribution is 0.0993. The van der Waals surface area contributed by atoms with Gasteiger partial charge in [-0.25, -0.2) is 0 Å². The van der Waals surface area contributed by atoms with Crippen molar-refractivity contribution in [2.75, 3.05) is 20.7 Å². The van der Waals surface area contributed by atoms with Crippen molar-refractivity contribution in [3.8, 4) is 17.2 Å². The highest BCUT2D eigenvalue weighted by Crippen LogP contribution is 2.36. The third-order valence-electron chi connectivity index (χ3n) is 1.93. The maximum absolute atomic E-state index is 11.5. The Kier molecular flexibility index (Phi) is 3.51. The number of phenols is 2. The van der Waals surface area contributed by atoms with Gasteiger partial charge in [-0.3, -0.25) is 4.79 Å². The fourth-order valence-electron chi connectivity index (χ4n) is 1.17. The molecule has 82 valence electrons. The van der Waals surface area contributed by atoms with E-state index in [0.717, 1.165) is 0 Å². The molecule has 0 saturated heterocycles. The Morgan fingerprint density at radius 3 is 2.67 bits per heavy atom. The molecule has 0 atom stereocenters. The summed E-state index contributed by atoms with van der Waals surface area (Å²) in [7, 11) is 3.00. The molecule has 1 rings (SSSR count). The van der Waals surface area contributed by atoms with Crippen molar-refractivity contribution in [1.29, 1.82) is 0 Å². The fraction of sp³-hybridized carbons (Fsp3) is 0.300. The van der Waals surface area contributed by atoms with Crippen LogP contribution in [-0.2, 0) is 0 Å². The van der Waals surface area contributed by atoms with Gasteiger partial charge in [0, 0.05) is 5.56 Å². The van der Waals surface area contributed by atoms with Crippen LogP contribution in [0.2, 0.25) is 0 Å². The molecule has 15 heavy (non-hydrogen) atoms. The second-order valence-corrected chi connectivity index (χ2v) is 3.00. The standard InChI is InChI=1S/C10H13NO4/c1-11-5-8(13)6-3-7(12)10(14)9(4-6)15-2/h3-4,11-12,14H,5H2,1-2H3. The molecule has 0 saturated carbocycles. The molecule has 5 heteroatoms. The van der Waals surface area contributed by atoms with E-state index in [2.05, 4.69) is 5.32 Å². The molecular formula is C10H13NO4. The Morgan fingerprint density at radius 1 is 1.47 bits per heavy atom. The second-order valence-electron chi connectivity index (χ2n) is 3.00. The first-order chi connectivity index (χ1) is 7.10. The van der Waals surface area contributed by atoms with E-state index in [1.165, 1.54) is 19.2 Å². The molecule has 0 amide bonds. The highest BCUT2D eigenvalue weighted by atomic mass is 16.5. The fourth-order valence-corrected chi connectivity index (χ4v) is 1.17. The largest absolute Gasteiger partial charge is 0.504 e. The molecule has 0 heterocycles. The number of ketones is 1. The molecular weight excluding hydrogens is 198 g/mol. The van der Waals surface area contributed by atoms with E-state index in [-0.39, 0.29) is 35.1 Å². The van der Waals surface area contributed by atoms with Crippen LogP contribution in [0.1, 0.15) is 10.4 Å². The lowest BCUT2D eigenvalue weighted by atomic mass is 10.1. The minimum absolute atomic E-state index is 0.0782. The molecule has 0 spiro atoms. The normalized spacial score (nSPS) is 10.0. The molecule has 0 unspecified atom stereocenters. The van der Waals surface area contributed by atoms with Gasteiger partial charge in [-0.1, -0.05) is 0 Å². The Hall–Kier alpha value is -1.75. The zero-order valence-electron chi connectivity index (χ0n) is 8.57. The number of nitrogens with one attached hydrogen (secondary N) is 1. The number of methoxy groups -OCH3 is 1. The van der Waals surface area contributed by atoms with Crippen LogP contribution in [0.5, 0.6) is 17.2 Å². The van der Waals surface area contributed by atoms with Gasteiger partial charge in [0.15, 0.2) is 17.3 Å². The van der Waals surface area contributed by atoms with Crippen LogP contribution in [-0.4, -0.2) is 36.7 Å². The van der Waals surface area contributed by atoms with Crippen molar-refractivity contribution in [3.05, 3.63) is 17.7 Å². The topological polar surface area (TPSA) is 78.8 Å². The van der Waals surface area contributed by atoms with Gasteiger partial charge < -0.3 is 20.3 Å². The molecule has 1 aromatic rings. The Balaban J connectivity index is 3.10. The highest BCUT2D eigenvalue weighted by Gasteiger charge is 2.13. The van der Waals surface area contributed by atoms with E-state index in [1.54, 1.807) is 7.05 Å². The zero-order chi connectivity index (χ0) is 11.4. The van der Waals surface area contributed by atoms with Crippen LogP contribution in [0.4, 0.5) is 0 Å². The van der Waals surface area contributed by atoms with Crippen LogP contribution >= 0.6 is 0 Å². The summed E-state index contributed by atoms with van der Waals surface area (Å²) in [4.78, 5) is 11.5. The lowest BCUT2D eigenvalue weighted by Crippen LogP contribution is -2.18. The molecule has 0 aliphatic carbocycles. The molecule has 0 aliphatic heterocycles. The van der Waals surface area contributed by atoms with E-state index in [4.69, 9.17) is 4.74 Å². The predicted octanol–water partition coefficient (Wildman–Crippen LogP) is 0.509. The summed E-state index contributed by atoms with van der Waals surface area (Å²) in [5, 5.41) is 21.4. The number of phenolic OH excluding ortho intramolecular Hbond substituents is 2. The summed E-state index contributed by atoms with van der Waals surface area (Å²) in [6.45, 7) is 0.160. The van der Waals surface area contributed by atoms with Crippen LogP contribution < -0.4 is 10.1 Å². The van der Waals surface area contributed by atoms with Crippen molar-refractivity contribution in [1.82, 2.24) is 5.32 Å². The predicted molar refractivity (Wildman–Crippen MR) is 54.6 cm³/mol. The summed E-state index contributed by atoms with van der Waals surface area (Å²) in [6, 6.07) is 2.59. The van der Waals surface area contributed by atoms with Crippen LogP contribution in [0, 0.1) is 0 Å². The molecule has 0 aromatic heterocycles. The summed E-state index contributed by atoms with van der Waals surface area (Å²) < 4.78 is 4.81. The summed E-state index contributed by atoms with van der Waals surface area (Å²) in [5.74, 6) is -0.840. The Labute approximate surface area is 87.3 Å². The smallest absolute Gasteiger partial charge is 0.200 e. The molecule has 5 nitrogen and oxygen atoms in total. The quantitative estimate of drug-likeness (QED) is 0.499.